The average molecular weight is 328 g/mol. The first-order chi connectivity index (χ1) is 11.6. The Hall–Kier alpha value is -3.02. The van der Waals surface area contributed by atoms with Gasteiger partial charge in [0.05, 0.1) is 19.9 Å². The zero-order valence-corrected chi connectivity index (χ0v) is 13.7. The van der Waals surface area contributed by atoms with Crippen LogP contribution in [0, 0.1) is 0 Å². The van der Waals surface area contributed by atoms with E-state index in [-0.39, 0.29) is 0 Å². The molecular formula is C18H20N2O4. The summed E-state index contributed by atoms with van der Waals surface area (Å²) >= 11 is 0. The first-order valence-electron chi connectivity index (χ1n) is 7.49. The van der Waals surface area contributed by atoms with Crippen molar-refractivity contribution in [2.24, 2.45) is 0 Å². The number of hydrogen-bond donors (Lipinski definition) is 2. The Morgan fingerprint density at radius 1 is 0.958 bits per heavy atom. The fourth-order valence-corrected chi connectivity index (χ4v) is 2.16. The van der Waals surface area contributed by atoms with Crippen LogP contribution in [0.15, 0.2) is 48.5 Å². The van der Waals surface area contributed by atoms with Crippen LogP contribution >= 0.6 is 0 Å². The number of carbonyl (C=O) groups is 2. The van der Waals surface area contributed by atoms with E-state index in [0.717, 1.165) is 11.3 Å². The molecule has 0 saturated carbocycles. The number of ether oxygens (including phenoxy) is 2. The van der Waals surface area contributed by atoms with Crippen LogP contribution in [0.4, 0.5) is 5.69 Å². The molecule has 0 aliphatic heterocycles. The summed E-state index contributed by atoms with van der Waals surface area (Å²) in [5.74, 6) is -0.170. The Kier molecular flexibility index (Phi) is 6.19. The highest BCUT2D eigenvalue weighted by atomic mass is 16.5. The third kappa shape index (κ3) is 4.74. The van der Waals surface area contributed by atoms with Crippen LogP contribution in [0.3, 0.4) is 0 Å². The Bertz CT molecular complexity index is 716. The van der Waals surface area contributed by atoms with Crippen molar-refractivity contribution in [3.63, 3.8) is 0 Å². The Morgan fingerprint density at radius 3 is 2.50 bits per heavy atom. The van der Waals surface area contributed by atoms with Gasteiger partial charge in [0.1, 0.15) is 11.5 Å². The van der Waals surface area contributed by atoms with Crippen LogP contribution < -0.4 is 20.1 Å². The summed E-state index contributed by atoms with van der Waals surface area (Å²) in [6.45, 7) is 0.353. The zero-order chi connectivity index (χ0) is 17.4. The van der Waals surface area contributed by atoms with Crippen LogP contribution in [0.5, 0.6) is 11.5 Å². The van der Waals surface area contributed by atoms with Crippen LogP contribution in [0.25, 0.3) is 0 Å². The van der Waals surface area contributed by atoms with Gasteiger partial charge in [0, 0.05) is 6.54 Å². The number of carbonyl (C=O) groups excluding carboxylic acids is 2. The van der Waals surface area contributed by atoms with Crippen LogP contribution in [0.2, 0.25) is 0 Å². The fraction of sp³-hybridized carbons (Fsp3) is 0.222. The van der Waals surface area contributed by atoms with E-state index in [4.69, 9.17) is 9.47 Å². The van der Waals surface area contributed by atoms with Crippen molar-refractivity contribution in [1.82, 2.24) is 5.32 Å². The average Bonchev–Trinajstić information content (AvgIpc) is 2.62. The van der Waals surface area contributed by atoms with Gasteiger partial charge < -0.3 is 20.1 Å². The second-order valence-electron chi connectivity index (χ2n) is 5.01. The summed E-state index contributed by atoms with van der Waals surface area (Å²) in [5.41, 5.74) is 1.47. The second-order valence-corrected chi connectivity index (χ2v) is 5.01. The summed E-state index contributed by atoms with van der Waals surface area (Å²) in [6.07, 6.45) is 0.602. The molecule has 126 valence electrons. The monoisotopic (exact) mass is 328 g/mol. The molecule has 0 heterocycles. The van der Waals surface area contributed by atoms with Gasteiger partial charge in [-0.2, -0.15) is 0 Å². The van der Waals surface area contributed by atoms with Crippen molar-refractivity contribution in [3.8, 4) is 11.5 Å². The fourth-order valence-electron chi connectivity index (χ4n) is 2.16. The molecule has 6 heteroatoms. The van der Waals surface area contributed by atoms with E-state index in [1.165, 1.54) is 7.11 Å². The number of nitrogens with one attached hydrogen (secondary N) is 2. The van der Waals surface area contributed by atoms with E-state index in [9.17, 15) is 9.59 Å². The maximum Gasteiger partial charge on any atom is 0.313 e. The van der Waals surface area contributed by atoms with Gasteiger partial charge in [-0.25, -0.2) is 0 Å². The van der Waals surface area contributed by atoms with Gasteiger partial charge in [0.25, 0.3) is 0 Å². The number of amides is 2. The van der Waals surface area contributed by atoms with Gasteiger partial charge in [-0.1, -0.05) is 24.3 Å². The predicted octanol–water partition coefficient (Wildman–Crippen LogP) is 2.00. The van der Waals surface area contributed by atoms with Crippen LogP contribution in [0.1, 0.15) is 5.56 Å². The van der Waals surface area contributed by atoms with E-state index in [1.807, 2.05) is 24.3 Å². The van der Waals surface area contributed by atoms with Crippen LogP contribution in [-0.2, 0) is 16.0 Å². The molecule has 2 rings (SSSR count). The van der Waals surface area contributed by atoms with E-state index >= 15 is 0 Å². The lowest BCUT2D eigenvalue weighted by atomic mass is 10.1. The summed E-state index contributed by atoms with van der Waals surface area (Å²) in [7, 11) is 3.10. The number of rotatable bonds is 6. The third-order valence-electron chi connectivity index (χ3n) is 3.39. The van der Waals surface area contributed by atoms with Gasteiger partial charge in [-0.3, -0.25) is 9.59 Å². The van der Waals surface area contributed by atoms with Gasteiger partial charge in [0.15, 0.2) is 0 Å². The maximum absolute atomic E-state index is 11.9. The van der Waals surface area contributed by atoms with E-state index in [0.29, 0.717) is 24.4 Å². The molecule has 0 bridgehead atoms. The Balaban J connectivity index is 1.84. The topological polar surface area (TPSA) is 76.7 Å². The molecule has 0 unspecified atom stereocenters. The Labute approximate surface area is 140 Å². The smallest absolute Gasteiger partial charge is 0.313 e. The van der Waals surface area contributed by atoms with E-state index in [2.05, 4.69) is 10.6 Å². The number of hydrogen-bond acceptors (Lipinski definition) is 4. The maximum atomic E-state index is 11.9. The quantitative estimate of drug-likeness (QED) is 0.795. The van der Waals surface area contributed by atoms with Crippen molar-refractivity contribution < 1.29 is 19.1 Å². The summed E-state index contributed by atoms with van der Waals surface area (Å²) in [4.78, 5) is 23.8. The molecule has 0 saturated heterocycles. The zero-order valence-electron chi connectivity index (χ0n) is 13.7. The molecule has 2 N–H and O–H groups in total. The SMILES string of the molecule is COc1cccc(CCNC(=O)C(=O)Nc2ccccc2OC)c1. The molecule has 0 radical (unpaired) electrons. The molecule has 6 nitrogen and oxygen atoms in total. The minimum absolute atomic E-state index is 0.353. The molecule has 0 aromatic heterocycles. The summed E-state index contributed by atoms with van der Waals surface area (Å²) in [5, 5.41) is 5.13. The largest absolute Gasteiger partial charge is 0.497 e. The third-order valence-corrected chi connectivity index (χ3v) is 3.39. The van der Waals surface area contributed by atoms with Gasteiger partial charge >= 0.3 is 11.8 Å². The standard InChI is InChI=1S/C18H20N2O4/c1-23-14-7-5-6-13(12-14)10-11-19-17(21)18(22)20-15-8-3-4-9-16(15)24-2/h3-9,12H,10-11H2,1-2H3,(H,19,21)(H,20,22). The minimum Gasteiger partial charge on any atom is -0.497 e. The Morgan fingerprint density at radius 2 is 1.75 bits per heavy atom. The van der Waals surface area contributed by atoms with Crippen molar-refractivity contribution in [2.75, 3.05) is 26.1 Å². The van der Waals surface area contributed by atoms with Crippen molar-refractivity contribution in [1.29, 1.82) is 0 Å². The molecule has 2 aromatic carbocycles. The summed E-state index contributed by atoms with van der Waals surface area (Å²) < 4.78 is 10.3. The van der Waals surface area contributed by atoms with Gasteiger partial charge in [-0.05, 0) is 36.2 Å². The highest BCUT2D eigenvalue weighted by molar-refractivity contribution is 6.39. The first-order valence-corrected chi connectivity index (χ1v) is 7.49. The molecule has 24 heavy (non-hydrogen) atoms. The molecule has 0 spiro atoms. The lowest BCUT2D eigenvalue weighted by Crippen LogP contribution is -2.36. The highest BCUT2D eigenvalue weighted by Crippen LogP contribution is 2.22. The van der Waals surface area contributed by atoms with E-state index < -0.39 is 11.8 Å². The van der Waals surface area contributed by atoms with Crippen molar-refractivity contribution in [3.05, 3.63) is 54.1 Å². The lowest BCUT2D eigenvalue weighted by Gasteiger charge is -2.10. The molecule has 0 atom stereocenters. The molecular weight excluding hydrogens is 308 g/mol. The van der Waals surface area contributed by atoms with Gasteiger partial charge in [0.2, 0.25) is 0 Å². The predicted molar refractivity (Wildman–Crippen MR) is 91.3 cm³/mol. The molecule has 0 aliphatic carbocycles. The number of anilines is 1. The van der Waals surface area contributed by atoms with Crippen LogP contribution in [-0.4, -0.2) is 32.6 Å². The molecule has 2 aromatic rings. The second kappa shape index (κ2) is 8.57. The number of para-hydroxylation sites is 2. The molecule has 0 fully saturated rings. The molecule has 0 aliphatic rings. The normalized spacial score (nSPS) is 9.92. The first kappa shape index (κ1) is 17.3. The highest BCUT2D eigenvalue weighted by Gasteiger charge is 2.15. The summed E-state index contributed by atoms with van der Waals surface area (Å²) in [6, 6.07) is 14.5. The molecule has 2 amide bonds. The lowest BCUT2D eigenvalue weighted by molar-refractivity contribution is -0.136. The van der Waals surface area contributed by atoms with Gasteiger partial charge in [-0.15, -0.1) is 0 Å². The number of methoxy groups -OCH3 is 2. The number of benzene rings is 2. The van der Waals surface area contributed by atoms with Crippen molar-refractivity contribution >= 4 is 17.5 Å². The van der Waals surface area contributed by atoms with Crippen molar-refractivity contribution in [2.45, 2.75) is 6.42 Å². The van der Waals surface area contributed by atoms with E-state index in [1.54, 1.807) is 31.4 Å². The minimum atomic E-state index is -0.731.